The van der Waals surface area contributed by atoms with Crippen LogP contribution in [0.5, 0.6) is 0 Å². The second-order valence-electron chi connectivity index (χ2n) is 3.88. The summed E-state index contributed by atoms with van der Waals surface area (Å²) in [5.41, 5.74) is 0. The molecule has 0 aliphatic rings. The van der Waals surface area contributed by atoms with Gasteiger partial charge in [-0.3, -0.25) is 9.59 Å². The molecule has 1 rings (SSSR count). The molecule has 0 aromatic carbocycles. The number of amides is 2. The number of aryl methyl sites for hydroxylation is 1. The molecule has 1 heterocycles. The molecule has 19 heavy (non-hydrogen) atoms. The number of carbonyl (C=O) groups excluding carboxylic acids is 2. The molecule has 0 saturated heterocycles. The highest BCUT2D eigenvalue weighted by Gasteiger charge is 2.28. The molecule has 0 bridgehead atoms. The summed E-state index contributed by atoms with van der Waals surface area (Å²) >= 11 is 1.27. The van der Waals surface area contributed by atoms with Crippen LogP contribution in [-0.4, -0.2) is 42.5 Å². The average Bonchev–Trinajstić information content (AvgIpc) is 2.80. The Balaban J connectivity index is 2.33. The Bertz CT molecular complexity index is 463. The van der Waals surface area contributed by atoms with Crippen molar-refractivity contribution in [3.63, 3.8) is 0 Å². The number of nitrogens with one attached hydrogen (secondary N) is 2. The van der Waals surface area contributed by atoms with Crippen LogP contribution >= 0.6 is 11.3 Å². The van der Waals surface area contributed by atoms with Crippen LogP contribution in [0.15, 0.2) is 12.1 Å². The van der Waals surface area contributed by atoms with Crippen molar-refractivity contribution in [2.45, 2.75) is 12.8 Å². The van der Waals surface area contributed by atoms with E-state index < -0.39 is 37.4 Å². The molecule has 106 valence electrons. The number of thiophene rings is 1. The van der Waals surface area contributed by atoms with Crippen LogP contribution in [0, 0.1) is 6.92 Å². The van der Waals surface area contributed by atoms with Gasteiger partial charge in [0.1, 0.15) is 6.61 Å². The van der Waals surface area contributed by atoms with Gasteiger partial charge in [-0.25, -0.2) is 8.78 Å². The van der Waals surface area contributed by atoms with Crippen LogP contribution < -0.4 is 10.6 Å². The Morgan fingerprint density at radius 1 is 1.37 bits per heavy atom. The molecule has 3 N–H and O–H groups in total. The van der Waals surface area contributed by atoms with E-state index in [2.05, 4.69) is 5.32 Å². The average molecular weight is 292 g/mol. The standard InChI is InChI=1S/C11H14F2N2O3S/c1-7-2-3-8(19-7)10(18)14-4-9(17)15-5-11(12,13)6-16/h2-3,16H,4-6H2,1H3,(H,14,18)(H,15,17). The molecule has 0 aliphatic heterocycles. The Morgan fingerprint density at radius 3 is 2.58 bits per heavy atom. The fourth-order valence-corrected chi connectivity index (χ4v) is 1.93. The molecule has 1 aromatic heterocycles. The van der Waals surface area contributed by atoms with E-state index >= 15 is 0 Å². The van der Waals surface area contributed by atoms with Gasteiger partial charge in [0.25, 0.3) is 11.8 Å². The first-order valence-corrected chi connectivity index (χ1v) is 6.26. The van der Waals surface area contributed by atoms with Crippen LogP contribution in [-0.2, 0) is 4.79 Å². The molecule has 2 amide bonds. The highest BCUT2D eigenvalue weighted by atomic mass is 32.1. The van der Waals surface area contributed by atoms with E-state index in [4.69, 9.17) is 5.11 Å². The maximum atomic E-state index is 12.6. The summed E-state index contributed by atoms with van der Waals surface area (Å²) in [6.07, 6.45) is 0. The zero-order chi connectivity index (χ0) is 14.5. The smallest absolute Gasteiger partial charge is 0.287 e. The Hall–Kier alpha value is -1.54. The van der Waals surface area contributed by atoms with Crippen LogP contribution in [0.1, 0.15) is 14.5 Å². The van der Waals surface area contributed by atoms with Gasteiger partial charge in [-0.05, 0) is 19.1 Å². The van der Waals surface area contributed by atoms with Crippen molar-refractivity contribution in [3.05, 3.63) is 21.9 Å². The minimum Gasteiger partial charge on any atom is -0.390 e. The fraction of sp³-hybridized carbons (Fsp3) is 0.455. The van der Waals surface area contributed by atoms with Crippen LogP contribution in [0.4, 0.5) is 8.78 Å². The third-order valence-electron chi connectivity index (χ3n) is 2.15. The Labute approximate surface area is 112 Å². The summed E-state index contributed by atoms with van der Waals surface area (Å²) in [6.45, 7) is -0.854. The summed E-state index contributed by atoms with van der Waals surface area (Å²) in [4.78, 5) is 24.2. The minimum atomic E-state index is -3.36. The van der Waals surface area contributed by atoms with Gasteiger partial charge in [0, 0.05) is 4.88 Å². The van der Waals surface area contributed by atoms with Gasteiger partial charge in [0.05, 0.1) is 18.0 Å². The first-order valence-electron chi connectivity index (χ1n) is 5.44. The second kappa shape index (κ2) is 6.58. The van der Waals surface area contributed by atoms with Crippen molar-refractivity contribution in [2.75, 3.05) is 19.7 Å². The van der Waals surface area contributed by atoms with Crippen molar-refractivity contribution >= 4 is 23.2 Å². The Kier molecular flexibility index (Phi) is 5.37. The first kappa shape index (κ1) is 15.5. The van der Waals surface area contributed by atoms with Gasteiger partial charge < -0.3 is 15.7 Å². The van der Waals surface area contributed by atoms with Crippen molar-refractivity contribution in [3.8, 4) is 0 Å². The van der Waals surface area contributed by atoms with E-state index in [0.29, 0.717) is 4.88 Å². The largest absolute Gasteiger partial charge is 0.390 e. The zero-order valence-electron chi connectivity index (χ0n) is 10.2. The molecule has 0 radical (unpaired) electrons. The summed E-state index contributed by atoms with van der Waals surface area (Å²) in [5.74, 6) is -4.53. The lowest BCUT2D eigenvalue weighted by atomic mass is 10.3. The maximum Gasteiger partial charge on any atom is 0.287 e. The first-order chi connectivity index (χ1) is 8.84. The van der Waals surface area contributed by atoms with Gasteiger partial charge >= 0.3 is 0 Å². The summed E-state index contributed by atoms with van der Waals surface area (Å²) in [6, 6.07) is 3.38. The molecule has 8 heteroatoms. The summed E-state index contributed by atoms with van der Waals surface area (Å²) in [5, 5.41) is 12.6. The number of halogens is 2. The Morgan fingerprint density at radius 2 is 2.05 bits per heavy atom. The summed E-state index contributed by atoms with van der Waals surface area (Å²) in [7, 11) is 0. The molecule has 0 unspecified atom stereocenters. The number of hydrogen-bond donors (Lipinski definition) is 3. The predicted molar refractivity (Wildman–Crippen MR) is 66.4 cm³/mol. The summed E-state index contributed by atoms with van der Waals surface area (Å²) < 4.78 is 25.3. The van der Waals surface area contributed by atoms with Gasteiger partial charge in [0.2, 0.25) is 5.91 Å². The second-order valence-corrected chi connectivity index (χ2v) is 5.17. The topological polar surface area (TPSA) is 78.4 Å². The van der Waals surface area contributed by atoms with Crippen molar-refractivity contribution < 1.29 is 23.5 Å². The predicted octanol–water partition coefficient (Wildman–Crippen LogP) is 0.530. The molecule has 5 nitrogen and oxygen atoms in total. The molecule has 0 aliphatic carbocycles. The number of aliphatic hydroxyl groups excluding tert-OH is 1. The highest BCUT2D eigenvalue weighted by Crippen LogP contribution is 2.14. The quantitative estimate of drug-likeness (QED) is 0.715. The third kappa shape index (κ3) is 5.31. The van der Waals surface area contributed by atoms with E-state index in [0.717, 1.165) is 4.88 Å². The van der Waals surface area contributed by atoms with Crippen molar-refractivity contribution in [1.82, 2.24) is 10.6 Å². The number of rotatable bonds is 6. The van der Waals surface area contributed by atoms with Gasteiger partial charge in [-0.1, -0.05) is 0 Å². The maximum absolute atomic E-state index is 12.6. The number of hydrogen-bond acceptors (Lipinski definition) is 4. The molecule has 0 atom stereocenters. The van der Waals surface area contributed by atoms with E-state index in [1.807, 2.05) is 12.2 Å². The molecular formula is C11H14F2N2O3S. The lowest BCUT2D eigenvalue weighted by Crippen LogP contribution is -2.43. The van der Waals surface area contributed by atoms with Crippen molar-refractivity contribution in [2.24, 2.45) is 0 Å². The van der Waals surface area contributed by atoms with E-state index in [-0.39, 0.29) is 0 Å². The molecule has 1 aromatic rings. The van der Waals surface area contributed by atoms with Gasteiger partial charge in [-0.2, -0.15) is 0 Å². The van der Waals surface area contributed by atoms with E-state index in [1.54, 1.807) is 12.1 Å². The fourth-order valence-electron chi connectivity index (χ4n) is 1.15. The van der Waals surface area contributed by atoms with Crippen molar-refractivity contribution in [1.29, 1.82) is 0 Å². The molecule has 0 spiro atoms. The highest BCUT2D eigenvalue weighted by molar-refractivity contribution is 7.13. The zero-order valence-corrected chi connectivity index (χ0v) is 11.0. The monoisotopic (exact) mass is 292 g/mol. The van der Waals surface area contributed by atoms with E-state index in [9.17, 15) is 18.4 Å². The SMILES string of the molecule is Cc1ccc(C(=O)NCC(=O)NCC(F)(F)CO)s1. The number of aliphatic hydroxyl groups is 1. The van der Waals surface area contributed by atoms with E-state index in [1.165, 1.54) is 11.3 Å². The lowest BCUT2D eigenvalue weighted by Gasteiger charge is -2.13. The van der Waals surface area contributed by atoms with Crippen LogP contribution in [0.2, 0.25) is 0 Å². The van der Waals surface area contributed by atoms with Gasteiger partial charge in [-0.15, -0.1) is 11.3 Å². The number of carbonyl (C=O) groups is 2. The van der Waals surface area contributed by atoms with Gasteiger partial charge in [0.15, 0.2) is 0 Å². The lowest BCUT2D eigenvalue weighted by molar-refractivity contribution is -0.123. The minimum absolute atomic E-state index is 0.392. The van der Waals surface area contributed by atoms with Crippen LogP contribution in [0.3, 0.4) is 0 Å². The molecular weight excluding hydrogens is 278 g/mol. The molecule has 0 saturated carbocycles. The number of alkyl halides is 2. The normalized spacial score (nSPS) is 11.2. The molecule has 0 fully saturated rings. The van der Waals surface area contributed by atoms with Crippen LogP contribution in [0.25, 0.3) is 0 Å². The third-order valence-corrected chi connectivity index (χ3v) is 3.15.